The number of carbonyl (C=O) groups excluding carboxylic acids is 1. The number of hydrogen-bond acceptors (Lipinski definition) is 6. The maximum atomic E-state index is 12.8. The first-order valence-corrected chi connectivity index (χ1v) is 10.7. The van der Waals surface area contributed by atoms with E-state index in [4.69, 9.17) is 4.74 Å². The van der Waals surface area contributed by atoms with E-state index in [1.54, 1.807) is 7.05 Å². The van der Waals surface area contributed by atoms with Crippen LogP contribution in [0.3, 0.4) is 0 Å². The molecule has 1 aromatic carbocycles. The van der Waals surface area contributed by atoms with Crippen molar-refractivity contribution in [2.45, 2.75) is 26.4 Å². The molecule has 3 aromatic heterocycles. The van der Waals surface area contributed by atoms with Gasteiger partial charge < -0.3 is 9.30 Å². The number of ether oxygens (including phenoxy) is 1. The van der Waals surface area contributed by atoms with Crippen LogP contribution in [0.25, 0.3) is 22.1 Å². The zero-order valence-electron chi connectivity index (χ0n) is 17.2. The standard InChI is InChI=1S/C20H22BrN7O3/c1-3-31-10-6-9-28-14-8-5-4-7-13(14)23-20(28)24-15(29)11-27-12-22-18-16(19(27)30)17(21)25-26(18)2/h4-5,7-8,12H,3,6,9-11H2,1-2H3,(H,23,24,29). The summed E-state index contributed by atoms with van der Waals surface area (Å²) < 4.78 is 10.5. The number of nitrogens with zero attached hydrogens (tertiary/aromatic N) is 6. The summed E-state index contributed by atoms with van der Waals surface area (Å²) in [5, 5.41) is 7.32. The molecule has 0 unspecified atom stereocenters. The molecule has 0 spiro atoms. The van der Waals surface area contributed by atoms with E-state index in [1.807, 2.05) is 35.8 Å². The van der Waals surface area contributed by atoms with Crippen LogP contribution in [0.15, 0.2) is 40.0 Å². The Morgan fingerprint density at radius 3 is 2.90 bits per heavy atom. The molecule has 0 saturated carbocycles. The number of para-hydroxylation sites is 2. The smallest absolute Gasteiger partial charge is 0.266 e. The molecule has 0 atom stereocenters. The maximum absolute atomic E-state index is 12.8. The Bertz CT molecular complexity index is 1310. The lowest BCUT2D eigenvalue weighted by atomic mass is 10.3. The van der Waals surface area contributed by atoms with Crippen LogP contribution >= 0.6 is 15.9 Å². The molecular weight excluding hydrogens is 466 g/mol. The summed E-state index contributed by atoms with van der Waals surface area (Å²) in [6.45, 7) is 3.69. The molecule has 10 nitrogen and oxygen atoms in total. The molecule has 0 fully saturated rings. The fraction of sp³-hybridized carbons (Fsp3) is 0.350. The third-order valence-electron chi connectivity index (χ3n) is 4.86. The third kappa shape index (κ3) is 4.23. The van der Waals surface area contributed by atoms with E-state index < -0.39 is 0 Å². The lowest BCUT2D eigenvalue weighted by molar-refractivity contribution is -0.116. The second-order valence-corrected chi connectivity index (χ2v) is 7.72. The first-order valence-electron chi connectivity index (χ1n) is 9.90. The SMILES string of the molecule is CCOCCCn1c(NC(=O)Cn2cnc3c(c(Br)nn3C)c2=O)nc2ccccc21. The van der Waals surface area contributed by atoms with Crippen molar-refractivity contribution >= 4 is 49.9 Å². The molecule has 1 amide bonds. The number of nitrogens with one attached hydrogen (secondary N) is 1. The first kappa shape index (κ1) is 21.2. The van der Waals surface area contributed by atoms with Crippen LogP contribution in [0.5, 0.6) is 0 Å². The van der Waals surface area contributed by atoms with Crippen molar-refractivity contribution in [3.8, 4) is 0 Å². The average Bonchev–Trinajstić information content (AvgIpc) is 3.23. The number of amides is 1. The highest BCUT2D eigenvalue weighted by molar-refractivity contribution is 9.10. The van der Waals surface area contributed by atoms with E-state index in [-0.39, 0.29) is 18.0 Å². The van der Waals surface area contributed by atoms with Gasteiger partial charge in [0, 0.05) is 26.8 Å². The van der Waals surface area contributed by atoms with Crippen LogP contribution in [0.2, 0.25) is 0 Å². The molecule has 31 heavy (non-hydrogen) atoms. The fourth-order valence-electron chi connectivity index (χ4n) is 3.43. The van der Waals surface area contributed by atoms with Gasteiger partial charge in [-0.05, 0) is 41.4 Å². The van der Waals surface area contributed by atoms with Crippen LogP contribution in [0.1, 0.15) is 13.3 Å². The molecule has 0 radical (unpaired) electrons. The molecular formula is C20H22BrN7O3. The van der Waals surface area contributed by atoms with Crippen LogP contribution in [0.4, 0.5) is 5.95 Å². The summed E-state index contributed by atoms with van der Waals surface area (Å²) >= 11 is 3.28. The number of imidazole rings is 1. The number of hydrogen-bond donors (Lipinski definition) is 1. The van der Waals surface area contributed by atoms with E-state index in [0.29, 0.717) is 41.3 Å². The predicted octanol–water partition coefficient (Wildman–Crippen LogP) is 2.31. The molecule has 4 aromatic rings. The second-order valence-electron chi connectivity index (χ2n) is 6.97. The predicted molar refractivity (Wildman–Crippen MR) is 120 cm³/mol. The molecule has 0 aliphatic heterocycles. The lowest BCUT2D eigenvalue weighted by Crippen LogP contribution is -2.28. The van der Waals surface area contributed by atoms with Gasteiger partial charge >= 0.3 is 0 Å². The summed E-state index contributed by atoms with van der Waals surface area (Å²) in [5.74, 6) is 0.0666. The topological polar surface area (TPSA) is 109 Å². The summed E-state index contributed by atoms with van der Waals surface area (Å²) in [7, 11) is 1.70. The minimum Gasteiger partial charge on any atom is -0.382 e. The quantitative estimate of drug-likeness (QED) is 0.382. The van der Waals surface area contributed by atoms with Gasteiger partial charge in [-0.3, -0.25) is 19.5 Å². The van der Waals surface area contributed by atoms with Gasteiger partial charge in [-0.1, -0.05) is 12.1 Å². The molecule has 0 bridgehead atoms. The molecule has 4 rings (SSSR count). The summed E-state index contributed by atoms with van der Waals surface area (Å²) in [6, 6.07) is 7.69. The molecule has 0 aliphatic carbocycles. The van der Waals surface area contributed by atoms with Crippen molar-refractivity contribution in [1.82, 2.24) is 28.9 Å². The van der Waals surface area contributed by atoms with Gasteiger partial charge in [0.2, 0.25) is 11.9 Å². The Hall–Kier alpha value is -3.05. The number of aromatic nitrogens is 6. The summed E-state index contributed by atoms with van der Waals surface area (Å²) in [5.41, 5.74) is 1.82. The van der Waals surface area contributed by atoms with Crippen LogP contribution < -0.4 is 10.9 Å². The zero-order valence-corrected chi connectivity index (χ0v) is 18.8. The van der Waals surface area contributed by atoms with E-state index in [0.717, 1.165) is 17.5 Å². The van der Waals surface area contributed by atoms with Gasteiger partial charge in [0.1, 0.15) is 22.9 Å². The summed E-state index contributed by atoms with van der Waals surface area (Å²) in [4.78, 5) is 34.3. The Kier molecular flexibility index (Phi) is 6.14. The Labute approximate surface area is 186 Å². The Morgan fingerprint density at radius 2 is 2.10 bits per heavy atom. The van der Waals surface area contributed by atoms with Crippen LogP contribution in [-0.2, 0) is 29.7 Å². The van der Waals surface area contributed by atoms with Gasteiger partial charge in [-0.25, -0.2) is 14.6 Å². The Morgan fingerprint density at radius 1 is 1.29 bits per heavy atom. The molecule has 1 N–H and O–H groups in total. The first-order chi connectivity index (χ1) is 15.0. The van der Waals surface area contributed by atoms with E-state index in [9.17, 15) is 9.59 Å². The minimum absolute atomic E-state index is 0.189. The van der Waals surface area contributed by atoms with E-state index >= 15 is 0 Å². The van der Waals surface area contributed by atoms with Gasteiger partial charge in [-0.2, -0.15) is 5.10 Å². The average molecular weight is 488 g/mol. The van der Waals surface area contributed by atoms with Crippen molar-refractivity contribution in [3.63, 3.8) is 0 Å². The molecule has 11 heteroatoms. The number of carbonyl (C=O) groups is 1. The van der Waals surface area contributed by atoms with Crippen molar-refractivity contribution in [2.24, 2.45) is 7.05 Å². The highest BCUT2D eigenvalue weighted by Crippen LogP contribution is 2.20. The maximum Gasteiger partial charge on any atom is 0.266 e. The van der Waals surface area contributed by atoms with Crippen molar-refractivity contribution < 1.29 is 9.53 Å². The van der Waals surface area contributed by atoms with Gasteiger partial charge in [0.05, 0.1) is 11.0 Å². The largest absolute Gasteiger partial charge is 0.382 e. The molecule has 3 heterocycles. The third-order valence-corrected chi connectivity index (χ3v) is 5.42. The number of anilines is 1. The van der Waals surface area contributed by atoms with E-state index in [1.165, 1.54) is 15.6 Å². The highest BCUT2D eigenvalue weighted by atomic mass is 79.9. The van der Waals surface area contributed by atoms with Crippen LogP contribution in [0, 0.1) is 0 Å². The monoisotopic (exact) mass is 487 g/mol. The lowest BCUT2D eigenvalue weighted by Gasteiger charge is -2.11. The number of rotatable bonds is 8. The Balaban J connectivity index is 1.57. The number of benzene rings is 1. The zero-order chi connectivity index (χ0) is 22.0. The highest BCUT2D eigenvalue weighted by Gasteiger charge is 2.17. The van der Waals surface area contributed by atoms with Gasteiger partial charge in [0.25, 0.3) is 5.56 Å². The molecule has 0 aliphatic rings. The number of halogens is 1. The van der Waals surface area contributed by atoms with Crippen molar-refractivity contribution in [3.05, 3.63) is 45.5 Å². The van der Waals surface area contributed by atoms with Gasteiger partial charge in [-0.15, -0.1) is 0 Å². The second kappa shape index (κ2) is 8.98. The summed E-state index contributed by atoms with van der Waals surface area (Å²) in [6.07, 6.45) is 2.13. The molecule has 0 saturated heterocycles. The fourth-order valence-corrected chi connectivity index (χ4v) is 4.02. The normalized spacial score (nSPS) is 11.5. The number of aryl methyl sites for hydroxylation is 2. The van der Waals surface area contributed by atoms with Crippen LogP contribution in [-0.4, -0.2) is 48.0 Å². The van der Waals surface area contributed by atoms with Gasteiger partial charge in [0.15, 0.2) is 5.65 Å². The molecule has 162 valence electrons. The van der Waals surface area contributed by atoms with Crippen molar-refractivity contribution in [2.75, 3.05) is 18.5 Å². The van der Waals surface area contributed by atoms with Crippen molar-refractivity contribution in [1.29, 1.82) is 0 Å². The minimum atomic E-state index is -0.371. The van der Waals surface area contributed by atoms with E-state index in [2.05, 4.69) is 36.3 Å². The number of fused-ring (bicyclic) bond motifs is 2.